The summed E-state index contributed by atoms with van der Waals surface area (Å²) in [4.78, 5) is -3.02. The number of benzene rings is 1. The Hall–Kier alpha value is -0.720. The van der Waals surface area contributed by atoms with Crippen molar-refractivity contribution in [1.82, 2.24) is 0 Å². The van der Waals surface area contributed by atoms with Crippen LogP contribution in [0, 0.1) is 6.07 Å². The van der Waals surface area contributed by atoms with Crippen LogP contribution >= 0.6 is 11.6 Å². The van der Waals surface area contributed by atoms with Gasteiger partial charge in [0, 0.05) is 11.9 Å². The van der Waals surface area contributed by atoms with Gasteiger partial charge in [0.2, 0.25) is 0 Å². The van der Waals surface area contributed by atoms with Crippen LogP contribution in [0.15, 0.2) is 26.8 Å². The summed E-state index contributed by atoms with van der Waals surface area (Å²) in [5, 5.41) is 0. The van der Waals surface area contributed by atoms with Crippen molar-refractivity contribution in [1.29, 1.82) is 0 Å². The Bertz CT molecular complexity index is 822. The molecule has 1 radical (unpaired) electrons. The van der Waals surface area contributed by atoms with Gasteiger partial charge in [0.05, 0.1) is 10.6 Å². The molecule has 8 nitrogen and oxygen atoms in total. The number of halogens is 1. The topological polar surface area (TPSA) is 143 Å². The van der Waals surface area contributed by atoms with Gasteiger partial charge < -0.3 is 0 Å². The molecule has 0 unspecified atom stereocenters. The molecule has 0 aliphatic carbocycles. The van der Waals surface area contributed by atoms with Gasteiger partial charge in [0.1, 0.15) is 9.79 Å². The molecule has 0 amide bonds. The van der Waals surface area contributed by atoms with E-state index in [0.717, 1.165) is 0 Å². The van der Waals surface area contributed by atoms with Gasteiger partial charge in [0.15, 0.2) is 9.84 Å². The van der Waals surface area contributed by atoms with Crippen LogP contribution < -0.4 is 0 Å². The fraction of sp³-hybridized carbons (Fsp3) is 0.250. The summed E-state index contributed by atoms with van der Waals surface area (Å²) in [6, 6.07) is 2.75. The average Bonchev–Trinajstić information content (AvgIpc) is 2.25. The SMILES string of the molecule is O=S(=O)(O)c1[c]cc(S(=O)(=O)CCCl)c(S(=O)(=O)O)c1. The number of rotatable bonds is 5. The van der Waals surface area contributed by atoms with Crippen LogP contribution in [0.5, 0.6) is 0 Å². The van der Waals surface area contributed by atoms with E-state index in [2.05, 4.69) is 0 Å². The largest absolute Gasteiger partial charge is 0.295 e. The van der Waals surface area contributed by atoms with Gasteiger partial charge in [-0.15, -0.1) is 11.6 Å². The Morgan fingerprint density at radius 1 is 1.00 bits per heavy atom. The molecular weight excluding hydrogens is 356 g/mol. The smallest absolute Gasteiger partial charge is 0.282 e. The molecule has 1 aromatic carbocycles. The molecule has 0 aromatic heterocycles. The molecule has 1 aromatic rings. The minimum Gasteiger partial charge on any atom is -0.282 e. The van der Waals surface area contributed by atoms with E-state index < -0.39 is 50.5 Å². The average molecular weight is 364 g/mol. The molecule has 0 saturated carbocycles. The molecule has 0 spiro atoms. The van der Waals surface area contributed by atoms with Crippen molar-refractivity contribution in [2.75, 3.05) is 11.6 Å². The zero-order chi connectivity index (χ0) is 15.8. The second-order valence-corrected chi connectivity index (χ2v) is 8.72. The second-order valence-electron chi connectivity index (χ2n) is 3.48. The third kappa shape index (κ3) is 3.90. The molecule has 20 heavy (non-hydrogen) atoms. The van der Waals surface area contributed by atoms with Gasteiger partial charge in [-0.2, -0.15) is 16.8 Å². The van der Waals surface area contributed by atoms with E-state index in [0.29, 0.717) is 12.1 Å². The second kappa shape index (κ2) is 5.58. The predicted molar refractivity (Wildman–Crippen MR) is 67.7 cm³/mol. The molecule has 0 aliphatic rings. The Labute approximate surface area is 120 Å². The van der Waals surface area contributed by atoms with Gasteiger partial charge in [-0.3, -0.25) is 9.11 Å². The number of hydrogen-bond donors (Lipinski definition) is 2. The Morgan fingerprint density at radius 3 is 1.95 bits per heavy atom. The maximum absolute atomic E-state index is 11.8. The van der Waals surface area contributed by atoms with Crippen LogP contribution in [0.1, 0.15) is 0 Å². The van der Waals surface area contributed by atoms with E-state index in [4.69, 9.17) is 20.7 Å². The molecule has 0 atom stereocenters. The highest BCUT2D eigenvalue weighted by atomic mass is 35.5. The first-order valence-electron chi connectivity index (χ1n) is 4.69. The van der Waals surface area contributed by atoms with Crippen LogP contribution in [0.2, 0.25) is 0 Å². The van der Waals surface area contributed by atoms with Crippen molar-refractivity contribution < 1.29 is 34.4 Å². The summed E-state index contributed by atoms with van der Waals surface area (Å²) in [7, 11) is -14.0. The van der Waals surface area contributed by atoms with Crippen molar-refractivity contribution in [2.45, 2.75) is 14.7 Å². The lowest BCUT2D eigenvalue weighted by Gasteiger charge is -2.08. The minimum absolute atomic E-state index is 0.297. The molecule has 113 valence electrons. The van der Waals surface area contributed by atoms with Gasteiger partial charge in [0.25, 0.3) is 20.2 Å². The number of sulfone groups is 1. The highest BCUT2D eigenvalue weighted by molar-refractivity contribution is 7.93. The monoisotopic (exact) mass is 363 g/mol. The van der Waals surface area contributed by atoms with Gasteiger partial charge in [-0.05, 0) is 12.1 Å². The van der Waals surface area contributed by atoms with Gasteiger partial charge >= 0.3 is 0 Å². The molecule has 2 N–H and O–H groups in total. The lowest BCUT2D eigenvalue weighted by Crippen LogP contribution is -2.14. The predicted octanol–water partition coefficient (Wildman–Crippen LogP) is -0.00731. The fourth-order valence-electron chi connectivity index (χ4n) is 1.24. The maximum atomic E-state index is 11.8. The van der Waals surface area contributed by atoms with Crippen molar-refractivity contribution in [3.8, 4) is 0 Å². The van der Waals surface area contributed by atoms with Gasteiger partial charge in [-0.1, -0.05) is 0 Å². The molecule has 0 fully saturated rings. The lowest BCUT2D eigenvalue weighted by atomic mass is 10.4. The van der Waals surface area contributed by atoms with Crippen molar-refractivity contribution in [3.63, 3.8) is 0 Å². The van der Waals surface area contributed by atoms with E-state index in [-0.39, 0.29) is 5.88 Å². The molecule has 12 heteroatoms. The normalized spacial score (nSPS) is 13.3. The van der Waals surface area contributed by atoms with E-state index in [1.807, 2.05) is 6.07 Å². The van der Waals surface area contributed by atoms with Crippen LogP contribution in [0.4, 0.5) is 0 Å². The zero-order valence-corrected chi connectivity index (χ0v) is 12.7. The quantitative estimate of drug-likeness (QED) is 0.549. The third-order valence-electron chi connectivity index (χ3n) is 2.09. The molecule has 0 aliphatic heterocycles. The third-order valence-corrected chi connectivity index (χ3v) is 6.06. The summed E-state index contributed by atoms with van der Waals surface area (Å²) < 4.78 is 85.3. The molecular formula is C8H8ClO8S3. The van der Waals surface area contributed by atoms with Crippen LogP contribution in [0.3, 0.4) is 0 Å². The first-order valence-corrected chi connectivity index (χ1v) is 9.76. The van der Waals surface area contributed by atoms with E-state index in [1.54, 1.807) is 0 Å². The summed E-state index contributed by atoms with van der Waals surface area (Å²) in [5.41, 5.74) is 0. The van der Waals surface area contributed by atoms with Crippen molar-refractivity contribution in [3.05, 3.63) is 18.2 Å². The van der Waals surface area contributed by atoms with E-state index in [9.17, 15) is 25.3 Å². The Balaban J connectivity index is 3.74. The van der Waals surface area contributed by atoms with E-state index >= 15 is 0 Å². The van der Waals surface area contributed by atoms with Crippen molar-refractivity contribution >= 4 is 41.7 Å². The van der Waals surface area contributed by atoms with Crippen LogP contribution in [0.25, 0.3) is 0 Å². The molecule has 0 bridgehead atoms. The molecule has 1 rings (SSSR count). The minimum atomic E-state index is -5.04. The summed E-state index contributed by atoms with van der Waals surface area (Å²) in [6.45, 7) is 0. The van der Waals surface area contributed by atoms with Crippen LogP contribution in [-0.2, 0) is 30.1 Å². The summed E-state index contributed by atoms with van der Waals surface area (Å²) >= 11 is 5.27. The maximum Gasteiger partial charge on any atom is 0.295 e. The Morgan fingerprint density at radius 2 is 1.55 bits per heavy atom. The fourth-order valence-corrected chi connectivity index (χ4v) is 4.71. The number of alkyl halides is 1. The van der Waals surface area contributed by atoms with Crippen molar-refractivity contribution in [2.24, 2.45) is 0 Å². The zero-order valence-electron chi connectivity index (χ0n) is 9.52. The van der Waals surface area contributed by atoms with Gasteiger partial charge in [-0.25, -0.2) is 8.42 Å². The molecule has 0 heterocycles. The summed E-state index contributed by atoms with van der Waals surface area (Å²) in [6.07, 6.45) is 0. The highest BCUT2D eigenvalue weighted by Gasteiger charge is 2.27. The summed E-state index contributed by atoms with van der Waals surface area (Å²) in [5.74, 6) is -0.969. The molecule has 0 saturated heterocycles. The first kappa shape index (κ1) is 17.3. The number of hydrogen-bond acceptors (Lipinski definition) is 6. The standard InChI is InChI=1S/C8H8ClO8S3/c9-3-4-18(10,11)7-2-1-6(19(12,13)14)5-8(7)20(15,16)17/h2,5H,3-4H2,(H,12,13,14)(H,15,16,17). The first-order chi connectivity index (χ1) is 8.89. The lowest BCUT2D eigenvalue weighted by molar-refractivity contribution is 0.477. The Kier molecular flexibility index (Phi) is 4.83. The highest BCUT2D eigenvalue weighted by Crippen LogP contribution is 2.25. The van der Waals surface area contributed by atoms with E-state index in [1.165, 1.54) is 0 Å². The van der Waals surface area contributed by atoms with Crippen LogP contribution in [-0.4, -0.2) is 46.0 Å².